The van der Waals surface area contributed by atoms with Crippen molar-refractivity contribution >= 4 is 33.0 Å². The van der Waals surface area contributed by atoms with Crippen molar-refractivity contribution < 1.29 is 36.2 Å². The number of anilines is 1. The highest BCUT2D eigenvalue weighted by atomic mass is 79.9. The maximum absolute atomic E-state index is 13.4. The minimum absolute atomic E-state index is 0.00220. The van der Waals surface area contributed by atoms with Crippen molar-refractivity contribution in [1.82, 2.24) is 19.1 Å². The summed E-state index contributed by atoms with van der Waals surface area (Å²) in [6, 6.07) is 12.1. The first kappa shape index (κ1) is 32.6. The zero-order valence-corrected chi connectivity index (χ0v) is 23.9. The van der Waals surface area contributed by atoms with Gasteiger partial charge in [0.25, 0.3) is 11.4 Å². The van der Waals surface area contributed by atoms with E-state index in [0.717, 1.165) is 17.7 Å². The van der Waals surface area contributed by atoms with Crippen molar-refractivity contribution in [3.05, 3.63) is 133 Å². The Kier molecular flexibility index (Phi) is 9.55. The molecule has 0 aliphatic carbocycles. The van der Waals surface area contributed by atoms with Crippen LogP contribution in [0.5, 0.6) is 0 Å². The minimum atomic E-state index is -4.74. The standard InChI is InChI=1S/C17H13F3N4O2.C10H5BrF3N3O2/c18-17(19,20)13-8-16(24(25)26)15(23-7-6-21-11-23)9-14(13)22-10-12-4-2-1-3-5-12;11-7-4-8(16-2-1-15-5-16)9(17(18)19)3-6(7)10(12,13)14/h1-9,11,22H,10H2;1-5H. The van der Waals surface area contributed by atoms with Crippen LogP contribution >= 0.6 is 15.9 Å². The van der Waals surface area contributed by atoms with Gasteiger partial charge in [-0.15, -0.1) is 0 Å². The number of nitro benzene ring substituents is 2. The number of hydrogen-bond donors (Lipinski definition) is 1. The predicted octanol–water partition coefficient (Wildman–Crippen LogP) is 7.97. The lowest BCUT2D eigenvalue weighted by Crippen LogP contribution is -2.13. The summed E-state index contributed by atoms with van der Waals surface area (Å²) in [5.74, 6) is 0. The fourth-order valence-electron chi connectivity index (χ4n) is 4.03. The minimum Gasteiger partial charge on any atom is -0.380 e. The Balaban J connectivity index is 0.000000215. The first-order valence-electron chi connectivity index (χ1n) is 12.4. The largest absolute Gasteiger partial charge is 0.418 e. The molecule has 0 fully saturated rings. The summed E-state index contributed by atoms with van der Waals surface area (Å²) in [6.07, 6.45) is -1.26. The summed E-state index contributed by atoms with van der Waals surface area (Å²) in [6.45, 7) is 0.144. The van der Waals surface area contributed by atoms with Gasteiger partial charge in [0.05, 0.1) is 33.6 Å². The molecule has 11 nitrogen and oxygen atoms in total. The molecule has 0 radical (unpaired) electrons. The normalized spacial score (nSPS) is 11.4. The van der Waals surface area contributed by atoms with Crippen LogP contribution in [0.15, 0.2) is 96.5 Å². The van der Waals surface area contributed by atoms with Crippen LogP contribution in [-0.4, -0.2) is 28.9 Å². The Morgan fingerprint density at radius 3 is 1.69 bits per heavy atom. The Bertz CT molecular complexity index is 1800. The van der Waals surface area contributed by atoms with Crippen molar-refractivity contribution in [3.63, 3.8) is 0 Å². The van der Waals surface area contributed by atoms with Gasteiger partial charge in [-0.25, -0.2) is 9.97 Å². The molecule has 1 N–H and O–H groups in total. The zero-order valence-electron chi connectivity index (χ0n) is 22.3. The Hall–Kier alpha value is -5.26. The first-order chi connectivity index (χ1) is 21.2. The number of nitrogens with zero attached hydrogens (tertiary/aromatic N) is 6. The van der Waals surface area contributed by atoms with Crippen molar-refractivity contribution in [3.8, 4) is 11.4 Å². The lowest BCUT2D eigenvalue weighted by molar-refractivity contribution is -0.384. The molecule has 2 aromatic heterocycles. The molecular formula is C27H18BrF6N7O4. The zero-order chi connectivity index (χ0) is 32.9. The summed E-state index contributed by atoms with van der Waals surface area (Å²) in [5, 5.41) is 24.9. The molecule has 45 heavy (non-hydrogen) atoms. The Morgan fingerprint density at radius 2 is 1.24 bits per heavy atom. The highest BCUT2D eigenvalue weighted by Gasteiger charge is 2.37. The maximum atomic E-state index is 13.4. The molecule has 3 aromatic carbocycles. The number of imidazole rings is 2. The molecule has 5 rings (SSSR count). The average Bonchev–Trinajstić information content (AvgIpc) is 3.70. The van der Waals surface area contributed by atoms with Gasteiger partial charge in [0.2, 0.25) is 0 Å². The van der Waals surface area contributed by atoms with E-state index >= 15 is 0 Å². The summed E-state index contributed by atoms with van der Waals surface area (Å²) in [4.78, 5) is 28.0. The third-order valence-corrected chi connectivity index (χ3v) is 6.73. The molecule has 0 aliphatic heterocycles. The first-order valence-corrected chi connectivity index (χ1v) is 13.2. The van der Waals surface area contributed by atoms with Gasteiger partial charge in [-0.3, -0.25) is 20.2 Å². The number of nitrogens with one attached hydrogen (secondary N) is 1. The second-order valence-corrected chi connectivity index (χ2v) is 9.85. The SMILES string of the molecule is O=[N+]([O-])c1cc(C(F)(F)F)c(Br)cc1-n1ccnc1.O=[N+]([O-])c1cc(C(F)(F)F)c(NCc2ccccc2)cc1-n1ccnc1. The number of alkyl halides is 6. The van der Waals surface area contributed by atoms with E-state index in [2.05, 4.69) is 31.2 Å². The highest BCUT2D eigenvalue weighted by Crippen LogP contribution is 2.41. The quantitative estimate of drug-likeness (QED) is 0.104. The van der Waals surface area contributed by atoms with Gasteiger partial charge < -0.3 is 14.5 Å². The van der Waals surface area contributed by atoms with Crippen LogP contribution in [0.3, 0.4) is 0 Å². The van der Waals surface area contributed by atoms with E-state index in [1.165, 1.54) is 46.6 Å². The molecule has 0 saturated heterocycles. The highest BCUT2D eigenvalue weighted by molar-refractivity contribution is 9.10. The molecule has 0 saturated carbocycles. The van der Waals surface area contributed by atoms with Crippen LogP contribution in [-0.2, 0) is 18.9 Å². The second kappa shape index (κ2) is 13.2. The number of benzene rings is 3. The number of nitro groups is 2. The predicted molar refractivity (Wildman–Crippen MR) is 152 cm³/mol. The molecule has 0 unspecified atom stereocenters. The second-order valence-electron chi connectivity index (χ2n) is 9.00. The van der Waals surface area contributed by atoms with E-state index in [-0.39, 0.29) is 28.1 Å². The summed E-state index contributed by atoms with van der Waals surface area (Å²) >= 11 is 2.78. The average molecular weight is 698 g/mol. The van der Waals surface area contributed by atoms with Crippen molar-refractivity contribution in [2.24, 2.45) is 0 Å². The molecule has 0 atom stereocenters. The van der Waals surface area contributed by atoms with Crippen molar-refractivity contribution in [1.29, 1.82) is 0 Å². The third kappa shape index (κ3) is 7.83. The molecule has 0 amide bonds. The van der Waals surface area contributed by atoms with Gasteiger partial charge in [-0.1, -0.05) is 46.3 Å². The molecular weight excluding hydrogens is 680 g/mol. The van der Waals surface area contributed by atoms with Gasteiger partial charge >= 0.3 is 12.4 Å². The van der Waals surface area contributed by atoms with Crippen LogP contribution < -0.4 is 5.32 Å². The van der Waals surface area contributed by atoms with Gasteiger partial charge in [0.15, 0.2) is 0 Å². The molecule has 234 valence electrons. The van der Waals surface area contributed by atoms with Gasteiger partial charge in [0, 0.05) is 53.6 Å². The van der Waals surface area contributed by atoms with Crippen LogP contribution in [0.25, 0.3) is 11.4 Å². The molecule has 0 bridgehead atoms. The van der Waals surface area contributed by atoms with Crippen LogP contribution in [0.2, 0.25) is 0 Å². The fraction of sp³-hybridized carbons (Fsp3) is 0.111. The monoisotopic (exact) mass is 697 g/mol. The lowest BCUT2D eigenvalue weighted by Gasteiger charge is -2.17. The number of rotatable bonds is 7. The summed E-state index contributed by atoms with van der Waals surface area (Å²) < 4.78 is 80.6. The van der Waals surface area contributed by atoms with Crippen LogP contribution in [0.4, 0.5) is 43.4 Å². The smallest absolute Gasteiger partial charge is 0.380 e. The number of hydrogen-bond acceptors (Lipinski definition) is 7. The van der Waals surface area contributed by atoms with Crippen LogP contribution in [0.1, 0.15) is 16.7 Å². The third-order valence-electron chi connectivity index (χ3n) is 6.07. The number of aromatic nitrogens is 4. The van der Waals surface area contributed by atoms with E-state index in [0.29, 0.717) is 12.1 Å². The molecule has 0 aliphatic rings. The number of halogens is 7. The Morgan fingerprint density at radius 1 is 0.756 bits per heavy atom. The van der Waals surface area contributed by atoms with E-state index < -0.39 is 44.7 Å². The fourth-order valence-corrected chi connectivity index (χ4v) is 4.58. The Labute approximate surface area is 257 Å². The lowest BCUT2D eigenvalue weighted by atomic mass is 10.1. The summed E-state index contributed by atoms with van der Waals surface area (Å²) in [7, 11) is 0. The van der Waals surface area contributed by atoms with Gasteiger partial charge in [0.1, 0.15) is 11.4 Å². The van der Waals surface area contributed by atoms with E-state index in [1.807, 2.05) is 0 Å². The van der Waals surface area contributed by atoms with Crippen LogP contribution in [0, 0.1) is 20.2 Å². The molecule has 0 spiro atoms. The maximum Gasteiger partial charge on any atom is 0.418 e. The molecule has 5 aromatic rings. The molecule has 2 heterocycles. The van der Waals surface area contributed by atoms with E-state index in [1.54, 1.807) is 30.3 Å². The molecule has 18 heteroatoms. The van der Waals surface area contributed by atoms with E-state index in [4.69, 9.17) is 0 Å². The van der Waals surface area contributed by atoms with Crippen molar-refractivity contribution in [2.45, 2.75) is 18.9 Å². The summed E-state index contributed by atoms with van der Waals surface area (Å²) in [5.41, 5.74) is -2.95. The van der Waals surface area contributed by atoms with Gasteiger partial charge in [-0.2, -0.15) is 26.3 Å². The van der Waals surface area contributed by atoms with Gasteiger partial charge in [-0.05, 0) is 17.7 Å². The van der Waals surface area contributed by atoms with E-state index in [9.17, 15) is 46.6 Å². The van der Waals surface area contributed by atoms with Crippen molar-refractivity contribution in [2.75, 3.05) is 5.32 Å². The topological polar surface area (TPSA) is 134 Å².